The van der Waals surface area contributed by atoms with Crippen LogP contribution in [0.1, 0.15) is 43.0 Å². The maximum absolute atomic E-state index is 12.4. The molecule has 0 unspecified atom stereocenters. The monoisotopic (exact) mass is 376 g/mol. The van der Waals surface area contributed by atoms with Crippen molar-refractivity contribution in [1.29, 1.82) is 0 Å². The van der Waals surface area contributed by atoms with Gasteiger partial charge in [0.2, 0.25) is 5.91 Å². The molecular formula is C23H28N4O. The van der Waals surface area contributed by atoms with Crippen LogP contribution < -0.4 is 10.6 Å². The van der Waals surface area contributed by atoms with Crippen LogP contribution in [-0.4, -0.2) is 21.5 Å². The molecule has 2 N–H and O–H groups in total. The zero-order valence-corrected chi connectivity index (χ0v) is 16.9. The van der Waals surface area contributed by atoms with Crippen LogP contribution in [-0.2, 0) is 4.79 Å². The van der Waals surface area contributed by atoms with E-state index in [-0.39, 0.29) is 18.0 Å². The van der Waals surface area contributed by atoms with Crippen LogP contribution in [0.25, 0.3) is 5.69 Å². The van der Waals surface area contributed by atoms with Crippen LogP contribution in [0.15, 0.2) is 61.2 Å². The van der Waals surface area contributed by atoms with Crippen LogP contribution in [0.3, 0.4) is 0 Å². The van der Waals surface area contributed by atoms with Gasteiger partial charge < -0.3 is 15.2 Å². The SMILES string of the molecule is Cc1ccc(NC(=O)C[C@H](C)N[C@@H](C)c2ccc(-n3ccnc3)cc2)c(C)c1. The third-order valence-electron chi connectivity index (χ3n) is 4.88. The lowest BCUT2D eigenvalue weighted by Gasteiger charge is -2.21. The summed E-state index contributed by atoms with van der Waals surface area (Å²) in [6.45, 7) is 8.22. The molecule has 0 bridgehead atoms. The van der Waals surface area contributed by atoms with Gasteiger partial charge in [0, 0.05) is 42.3 Å². The summed E-state index contributed by atoms with van der Waals surface area (Å²) >= 11 is 0. The van der Waals surface area contributed by atoms with E-state index in [1.807, 2.05) is 43.7 Å². The Morgan fingerprint density at radius 3 is 2.50 bits per heavy atom. The summed E-state index contributed by atoms with van der Waals surface area (Å²) in [6.07, 6.45) is 5.90. The standard InChI is InChI=1S/C23H28N4O/c1-16-5-10-22(17(2)13-16)26-23(28)14-18(3)25-19(4)20-6-8-21(9-7-20)27-12-11-24-15-27/h5-13,15,18-19,25H,14H2,1-4H3,(H,26,28)/t18-,19-/m0/s1. The molecule has 1 aromatic heterocycles. The van der Waals surface area contributed by atoms with Crippen LogP contribution in [0, 0.1) is 13.8 Å². The number of anilines is 1. The first-order chi connectivity index (χ1) is 13.4. The van der Waals surface area contributed by atoms with Gasteiger partial charge in [0.25, 0.3) is 0 Å². The number of imidazole rings is 1. The van der Waals surface area contributed by atoms with Crippen LogP contribution in [0.5, 0.6) is 0 Å². The molecule has 0 aliphatic heterocycles. The van der Waals surface area contributed by atoms with Crippen molar-refractivity contribution in [3.63, 3.8) is 0 Å². The summed E-state index contributed by atoms with van der Waals surface area (Å²) in [7, 11) is 0. The van der Waals surface area contributed by atoms with Crippen LogP contribution >= 0.6 is 0 Å². The molecule has 0 fully saturated rings. The fraction of sp³-hybridized carbons (Fsp3) is 0.304. The topological polar surface area (TPSA) is 59.0 Å². The second-order valence-corrected chi connectivity index (χ2v) is 7.42. The highest BCUT2D eigenvalue weighted by molar-refractivity contribution is 5.91. The van der Waals surface area contributed by atoms with E-state index in [0.29, 0.717) is 6.42 Å². The minimum atomic E-state index is 0.0228. The Hall–Kier alpha value is -2.92. The fourth-order valence-corrected chi connectivity index (χ4v) is 3.36. The third-order valence-corrected chi connectivity index (χ3v) is 4.88. The van der Waals surface area contributed by atoms with Crippen molar-refractivity contribution in [3.05, 3.63) is 77.9 Å². The van der Waals surface area contributed by atoms with E-state index in [9.17, 15) is 4.79 Å². The maximum Gasteiger partial charge on any atom is 0.225 e. The van der Waals surface area contributed by atoms with Gasteiger partial charge >= 0.3 is 0 Å². The molecule has 0 saturated carbocycles. The molecule has 0 saturated heterocycles. The molecule has 146 valence electrons. The Kier molecular flexibility index (Phi) is 6.26. The largest absolute Gasteiger partial charge is 0.326 e. The molecule has 0 aliphatic rings. The van der Waals surface area contributed by atoms with Crippen LogP contribution in [0.4, 0.5) is 5.69 Å². The van der Waals surface area contributed by atoms with Crippen molar-refractivity contribution < 1.29 is 4.79 Å². The molecule has 28 heavy (non-hydrogen) atoms. The Bertz CT molecular complexity index is 916. The summed E-state index contributed by atoms with van der Waals surface area (Å²) in [6, 6.07) is 14.6. The highest BCUT2D eigenvalue weighted by Gasteiger charge is 2.14. The Labute approximate surface area is 166 Å². The van der Waals surface area contributed by atoms with E-state index in [0.717, 1.165) is 16.9 Å². The van der Waals surface area contributed by atoms with Crippen LogP contribution in [0.2, 0.25) is 0 Å². The molecule has 0 aliphatic carbocycles. The van der Waals surface area contributed by atoms with Gasteiger partial charge in [0.05, 0.1) is 6.33 Å². The van der Waals surface area contributed by atoms with Gasteiger partial charge in [-0.05, 0) is 57.0 Å². The smallest absolute Gasteiger partial charge is 0.225 e. The highest BCUT2D eigenvalue weighted by Crippen LogP contribution is 2.18. The summed E-state index contributed by atoms with van der Waals surface area (Å²) in [5.41, 5.74) is 5.42. The van der Waals surface area contributed by atoms with Crippen molar-refractivity contribution in [2.45, 2.75) is 46.2 Å². The van der Waals surface area contributed by atoms with Crippen molar-refractivity contribution in [3.8, 4) is 5.69 Å². The number of aromatic nitrogens is 2. The number of nitrogens with one attached hydrogen (secondary N) is 2. The Balaban J connectivity index is 1.53. The van der Waals surface area contributed by atoms with Gasteiger partial charge in [-0.1, -0.05) is 29.8 Å². The molecule has 0 spiro atoms. The molecule has 1 heterocycles. The van der Waals surface area contributed by atoms with E-state index in [1.165, 1.54) is 11.1 Å². The number of carbonyl (C=O) groups excluding carboxylic acids is 1. The van der Waals surface area contributed by atoms with E-state index < -0.39 is 0 Å². The molecular weight excluding hydrogens is 348 g/mol. The summed E-state index contributed by atoms with van der Waals surface area (Å²) in [4.78, 5) is 16.5. The summed E-state index contributed by atoms with van der Waals surface area (Å²) < 4.78 is 1.97. The maximum atomic E-state index is 12.4. The van der Waals surface area contributed by atoms with Crippen molar-refractivity contribution in [1.82, 2.24) is 14.9 Å². The van der Waals surface area contributed by atoms with E-state index in [2.05, 4.69) is 52.9 Å². The Morgan fingerprint density at radius 1 is 1.11 bits per heavy atom. The molecule has 2 aromatic carbocycles. The van der Waals surface area contributed by atoms with Crippen molar-refractivity contribution in [2.24, 2.45) is 0 Å². The number of amides is 1. The third kappa shape index (κ3) is 5.08. The van der Waals surface area contributed by atoms with Gasteiger partial charge in [0.1, 0.15) is 0 Å². The molecule has 2 atom stereocenters. The molecule has 1 amide bonds. The first kappa shape index (κ1) is 19.8. The minimum Gasteiger partial charge on any atom is -0.326 e. The quantitative estimate of drug-likeness (QED) is 0.636. The number of benzene rings is 2. The predicted octanol–water partition coefficient (Wildman–Crippen LogP) is 4.56. The highest BCUT2D eigenvalue weighted by atomic mass is 16.1. The van der Waals surface area contributed by atoms with Gasteiger partial charge in [-0.2, -0.15) is 0 Å². The van der Waals surface area contributed by atoms with E-state index in [1.54, 1.807) is 12.5 Å². The Morgan fingerprint density at radius 2 is 1.86 bits per heavy atom. The lowest BCUT2D eigenvalue weighted by atomic mass is 10.1. The lowest BCUT2D eigenvalue weighted by molar-refractivity contribution is -0.116. The first-order valence-electron chi connectivity index (χ1n) is 9.64. The van der Waals surface area contributed by atoms with Crippen molar-refractivity contribution in [2.75, 3.05) is 5.32 Å². The van der Waals surface area contributed by atoms with Gasteiger partial charge in [0.15, 0.2) is 0 Å². The predicted molar refractivity (Wildman–Crippen MR) is 114 cm³/mol. The average molecular weight is 377 g/mol. The average Bonchev–Trinajstić information content (AvgIpc) is 3.18. The fourth-order valence-electron chi connectivity index (χ4n) is 3.36. The number of hydrogen-bond acceptors (Lipinski definition) is 3. The van der Waals surface area contributed by atoms with Gasteiger partial charge in [-0.3, -0.25) is 4.79 Å². The molecule has 0 radical (unpaired) electrons. The molecule has 5 nitrogen and oxygen atoms in total. The van der Waals surface area contributed by atoms with Crippen molar-refractivity contribution >= 4 is 11.6 Å². The summed E-state index contributed by atoms with van der Waals surface area (Å²) in [5.74, 6) is 0.0228. The minimum absolute atomic E-state index is 0.0228. The molecule has 3 aromatic rings. The number of nitrogens with zero attached hydrogens (tertiary/aromatic N) is 2. The van der Waals surface area contributed by atoms with E-state index >= 15 is 0 Å². The number of hydrogen-bond donors (Lipinski definition) is 2. The lowest BCUT2D eigenvalue weighted by Crippen LogP contribution is -2.32. The molecule has 5 heteroatoms. The number of carbonyl (C=O) groups is 1. The zero-order chi connectivity index (χ0) is 20.1. The molecule has 3 rings (SSSR count). The second-order valence-electron chi connectivity index (χ2n) is 7.42. The number of rotatable bonds is 7. The normalized spacial score (nSPS) is 13.1. The second kappa shape index (κ2) is 8.85. The van der Waals surface area contributed by atoms with Gasteiger partial charge in [-0.15, -0.1) is 0 Å². The first-order valence-corrected chi connectivity index (χ1v) is 9.64. The summed E-state index contributed by atoms with van der Waals surface area (Å²) in [5, 5.41) is 6.53. The number of aryl methyl sites for hydroxylation is 2. The van der Waals surface area contributed by atoms with E-state index in [4.69, 9.17) is 0 Å². The zero-order valence-electron chi connectivity index (χ0n) is 16.9. The van der Waals surface area contributed by atoms with Gasteiger partial charge in [-0.25, -0.2) is 4.98 Å².